The highest BCUT2D eigenvalue weighted by Crippen LogP contribution is 2.51. The molecule has 4 rings (SSSR count). The predicted molar refractivity (Wildman–Crippen MR) is 122 cm³/mol. The van der Waals surface area contributed by atoms with Crippen LogP contribution in [-0.2, 0) is 0 Å². The van der Waals surface area contributed by atoms with Crippen LogP contribution in [0.15, 0.2) is 46.0 Å². The minimum absolute atomic E-state index is 0.0501. The molecule has 2 aromatic rings. The second-order valence-electron chi connectivity index (χ2n) is 7.53. The van der Waals surface area contributed by atoms with Gasteiger partial charge in [-0.25, -0.2) is 0 Å². The van der Waals surface area contributed by atoms with Gasteiger partial charge >= 0.3 is 0 Å². The van der Waals surface area contributed by atoms with Crippen molar-refractivity contribution >= 4 is 32.9 Å². The zero-order valence-electron chi connectivity index (χ0n) is 17.1. The first-order valence-corrected chi connectivity index (χ1v) is 11.7. The van der Waals surface area contributed by atoms with Crippen molar-refractivity contribution < 1.29 is 9.47 Å². The van der Waals surface area contributed by atoms with E-state index < -0.39 is 0 Å². The molecule has 3 heterocycles. The van der Waals surface area contributed by atoms with E-state index in [1.54, 1.807) is 7.11 Å². The maximum absolute atomic E-state index is 5.96. The number of hydrogen-bond donors (Lipinski definition) is 0. The summed E-state index contributed by atoms with van der Waals surface area (Å²) in [5.74, 6) is 2.56. The van der Waals surface area contributed by atoms with Crippen molar-refractivity contribution in [3.05, 3.63) is 52.3 Å². The van der Waals surface area contributed by atoms with Gasteiger partial charge in [0, 0.05) is 22.5 Å². The number of benzene rings is 1. The molecule has 0 amide bonds. The van der Waals surface area contributed by atoms with Crippen LogP contribution in [0.2, 0.25) is 0 Å². The molecule has 0 N–H and O–H groups in total. The van der Waals surface area contributed by atoms with Crippen LogP contribution in [0.25, 0.3) is 0 Å². The summed E-state index contributed by atoms with van der Waals surface area (Å²) < 4.78 is 12.6. The minimum atomic E-state index is -0.0501. The number of thioether (sulfide) groups is 1. The van der Waals surface area contributed by atoms with Gasteiger partial charge in [0.05, 0.1) is 24.9 Å². The Labute approximate surface area is 185 Å². The molecule has 0 unspecified atom stereocenters. The lowest BCUT2D eigenvalue weighted by Crippen LogP contribution is -2.35. The van der Waals surface area contributed by atoms with Gasteiger partial charge in [0.25, 0.3) is 0 Å². The van der Waals surface area contributed by atoms with Crippen LogP contribution in [0.1, 0.15) is 50.5 Å². The van der Waals surface area contributed by atoms with E-state index in [1.165, 1.54) is 0 Å². The van der Waals surface area contributed by atoms with Crippen molar-refractivity contribution in [2.75, 3.05) is 12.9 Å². The van der Waals surface area contributed by atoms with Crippen LogP contribution >= 0.6 is 27.7 Å². The first kappa shape index (κ1) is 20.5. The Morgan fingerprint density at radius 3 is 2.76 bits per heavy atom. The lowest BCUT2D eigenvalue weighted by molar-refractivity contribution is 0.228. The third-order valence-corrected chi connectivity index (χ3v) is 7.11. The summed E-state index contributed by atoms with van der Waals surface area (Å²) in [7, 11) is 1.69. The van der Waals surface area contributed by atoms with Gasteiger partial charge in [0.15, 0.2) is 16.7 Å². The summed E-state index contributed by atoms with van der Waals surface area (Å²) in [5.41, 5.74) is 2.14. The number of aliphatic imine (C=N–C) groups is 1. The number of methoxy groups -OCH3 is 1. The van der Waals surface area contributed by atoms with Crippen molar-refractivity contribution in [2.24, 2.45) is 4.99 Å². The third-order valence-electron chi connectivity index (χ3n) is 5.29. The number of ether oxygens (including phenoxy) is 2. The van der Waals surface area contributed by atoms with E-state index >= 15 is 0 Å². The number of hydrogen-bond acceptors (Lipinski definition) is 6. The van der Waals surface area contributed by atoms with Gasteiger partial charge in [-0.1, -0.05) is 40.7 Å². The van der Waals surface area contributed by atoms with Gasteiger partial charge in [-0.05, 0) is 50.1 Å². The summed E-state index contributed by atoms with van der Waals surface area (Å²) >= 11 is 5.66. The van der Waals surface area contributed by atoms with Gasteiger partial charge < -0.3 is 14.4 Å². The molecule has 2 aliphatic rings. The monoisotopic (exact) mass is 475 g/mol. The zero-order valence-corrected chi connectivity index (χ0v) is 19.5. The molecule has 3 atom stereocenters. The number of fused-ring (bicyclic) bond motifs is 1. The molecule has 0 bridgehead atoms. The Morgan fingerprint density at radius 2 is 2.10 bits per heavy atom. The largest absolute Gasteiger partial charge is 0.493 e. The number of nitrogens with zero attached hydrogens (tertiary/aromatic N) is 3. The van der Waals surface area contributed by atoms with Crippen LogP contribution in [0.3, 0.4) is 0 Å². The molecule has 0 saturated carbocycles. The van der Waals surface area contributed by atoms with Gasteiger partial charge in [0.2, 0.25) is 0 Å². The highest BCUT2D eigenvalue weighted by molar-refractivity contribution is 9.10. The quantitative estimate of drug-likeness (QED) is 0.542. The Balaban J connectivity index is 1.81. The molecule has 1 aromatic heterocycles. The summed E-state index contributed by atoms with van der Waals surface area (Å²) in [6.07, 6.45) is 3.00. The molecule has 7 heteroatoms. The molecule has 1 fully saturated rings. The van der Waals surface area contributed by atoms with Gasteiger partial charge in [-0.2, -0.15) is 0 Å². The average molecular weight is 476 g/mol. The standard InChI is InChI=1S/C22H26BrN3O2S/c1-5-14-12-29-22-25-20(17-8-6-7-9-24-17)21(26(14)22)15-10-18(27-4)19(11-16(15)23)28-13(2)3/h6-11,13-14,20-21H,5,12H2,1-4H3/t14-,20-,21-/m1/s1. The molecule has 0 aliphatic carbocycles. The summed E-state index contributed by atoms with van der Waals surface area (Å²) in [6.45, 7) is 6.28. The second kappa shape index (κ2) is 8.56. The fraction of sp³-hybridized carbons (Fsp3) is 0.455. The smallest absolute Gasteiger partial charge is 0.162 e. The number of amidine groups is 1. The summed E-state index contributed by atoms with van der Waals surface area (Å²) in [5, 5.41) is 1.12. The maximum atomic E-state index is 5.96. The molecule has 0 radical (unpaired) electrons. The highest BCUT2D eigenvalue weighted by atomic mass is 79.9. The van der Waals surface area contributed by atoms with E-state index in [2.05, 4.69) is 44.9 Å². The van der Waals surface area contributed by atoms with E-state index in [-0.39, 0.29) is 18.2 Å². The Hall–Kier alpha value is -1.73. The SMILES string of the molecule is CC[C@@H]1CSC2=N[C@H](c3ccccn3)[C@@H](c3cc(OC)c(OC(C)C)cc3Br)N21. The first-order chi connectivity index (χ1) is 14.0. The van der Waals surface area contributed by atoms with Gasteiger partial charge in [0.1, 0.15) is 6.04 Å². The molecular formula is C22H26BrN3O2S. The molecule has 2 aliphatic heterocycles. The van der Waals surface area contributed by atoms with Crippen molar-refractivity contribution in [3.8, 4) is 11.5 Å². The molecule has 5 nitrogen and oxygen atoms in total. The summed E-state index contributed by atoms with van der Waals surface area (Å²) in [6, 6.07) is 10.6. The highest BCUT2D eigenvalue weighted by Gasteiger charge is 2.46. The van der Waals surface area contributed by atoms with Crippen LogP contribution in [0.5, 0.6) is 11.5 Å². The number of rotatable bonds is 6. The lowest BCUT2D eigenvalue weighted by Gasteiger charge is -2.33. The molecule has 29 heavy (non-hydrogen) atoms. The third kappa shape index (κ3) is 3.87. The van der Waals surface area contributed by atoms with Crippen molar-refractivity contribution in [3.63, 3.8) is 0 Å². The maximum Gasteiger partial charge on any atom is 0.162 e. The van der Waals surface area contributed by atoms with E-state index in [9.17, 15) is 0 Å². The average Bonchev–Trinajstić information content (AvgIpc) is 3.28. The van der Waals surface area contributed by atoms with E-state index in [1.807, 2.05) is 50.0 Å². The normalized spacial score (nSPS) is 23.3. The van der Waals surface area contributed by atoms with Crippen LogP contribution in [-0.4, -0.2) is 40.1 Å². The Morgan fingerprint density at radius 1 is 1.28 bits per heavy atom. The van der Waals surface area contributed by atoms with Crippen LogP contribution in [0.4, 0.5) is 0 Å². The van der Waals surface area contributed by atoms with E-state index in [0.717, 1.165) is 44.6 Å². The second-order valence-corrected chi connectivity index (χ2v) is 9.37. The van der Waals surface area contributed by atoms with E-state index in [4.69, 9.17) is 14.5 Å². The molecule has 1 aromatic carbocycles. The molecular weight excluding hydrogens is 450 g/mol. The van der Waals surface area contributed by atoms with Crippen LogP contribution in [0, 0.1) is 0 Å². The van der Waals surface area contributed by atoms with E-state index in [0.29, 0.717) is 6.04 Å². The zero-order chi connectivity index (χ0) is 20.5. The Kier molecular flexibility index (Phi) is 6.06. The number of pyridine rings is 1. The van der Waals surface area contributed by atoms with Crippen molar-refractivity contribution in [1.29, 1.82) is 0 Å². The lowest BCUT2D eigenvalue weighted by atomic mass is 9.95. The molecule has 154 valence electrons. The van der Waals surface area contributed by atoms with Crippen LogP contribution < -0.4 is 9.47 Å². The van der Waals surface area contributed by atoms with Crippen molar-refractivity contribution in [1.82, 2.24) is 9.88 Å². The molecule has 1 saturated heterocycles. The predicted octanol–water partition coefficient (Wildman–Crippen LogP) is 5.62. The summed E-state index contributed by atoms with van der Waals surface area (Å²) in [4.78, 5) is 12.2. The fourth-order valence-corrected chi connectivity index (χ4v) is 5.86. The number of aromatic nitrogens is 1. The first-order valence-electron chi connectivity index (χ1n) is 9.97. The minimum Gasteiger partial charge on any atom is -0.493 e. The molecule has 0 spiro atoms. The van der Waals surface area contributed by atoms with Crippen molar-refractivity contribution in [2.45, 2.75) is 51.4 Å². The van der Waals surface area contributed by atoms with Gasteiger partial charge in [-0.15, -0.1) is 0 Å². The Bertz CT molecular complexity index is 906. The topological polar surface area (TPSA) is 47.0 Å². The van der Waals surface area contributed by atoms with Gasteiger partial charge in [-0.3, -0.25) is 9.98 Å². The number of halogens is 1. The fourth-order valence-electron chi connectivity index (χ4n) is 3.97.